The Morgan fingerprint density at radius 1 is 1.11 bits per heavy atom. The molecular weight excluding hydrogens is 359 g/mol. The van der Waals surface area contributed by atoms with Crippen molar-refractivity contribution in [2.24, 2.45) is 0 Å². The number of nitrogens with one attached hydrogen (secondary N) is 2. The Morgan fingerprint density at radius 3 is 2.57 bits per heavy atom. The second-order valence-electron chi connectivity index (χ2n) is 6.14. The first-order chi connectivity index (χ1) is 13.5. The van der Waals surface area contributed by atoms with Gasteiger partial charge in [-0.1, -0.05) is 24.3 Å². The van der Waals surface area contributed by atoms with Gasteiger partial charge in [-0.25, -0.2) is 14.4 Å². The van der Waals surface area contributed by atoms with Gasteiger partial charge in [0.2, 0.25) is 0 Å². The number of carbonyl (C=O) groups excluding carboxylic acids is 1. The summed E-state index contributed by atoms with van der Waals surface area (Å²) in [5.41, 5.74) is 1.43. The average molecular weight is 380 g/mol. The van der Waals surface area contributed by atoms with Crippen molar-refractivity contribution in [2.45, 2.75) is 13.3 Å². The van der Waals surface area contributed by atoms with E-state index in [9.17, 15) is 9.18 Å². The summed E-state index contributed by atoms with van der Waals surface area (Å²) in [7, 11) is 1.63. The highest BCUT2D eigenvalue weighted by Gasteiger charge is 2.12. The number of ether oxygens (including phenoxy) is 1. The van der Waals surface area contributed by atoms with E-state index in [1.807, 2.05) is 24.3 Å². The van der Waals surface area contributed by atoms with Crippen molar-refractivity contribution >= 4 is 17.4 Å². The summed E-state index contributed by atoms with van der Waals surface area (Å²) in [4.78, 5) is 20.9. The van der Waals surface area contributed by atoms with Gasteiger partial charge >= 0.3 is 0 Å². The van der Waals surface area contributed by atoms with Crippen molar-refractivity contribution in [1.29, 1.82) is 0 Å². The van der Waals surface area contributed by atoms with Gasteiger partial charge in [0.25, 0.3) is 5.91 Å². The predicted molar refractivity (Wildman–Crippen MR) is 106 cm³/mol. The minimum atomic E-state index is -0.500. The monoisotopic (exact) mass is 380 g/mol. The fourth-order valence-corrected chi connectivity index (χ4v) is 2.65. The van der Waals surface area contributed by atoms with Gasteiger partial charge in [0.15, 0.2) is 0 Å². The zero-order valence-electron chi connectivity index (χ0n) is 15.7. The van der Waals surface area contributed by atoms with Gasteiger partial charge in [0.05, 0.1) is 12.8 Å². The summed E-state index contributed by atoms with van der Waals surface area (Å²) in [5.74, 6) is 0.815. The fourth-order valence-electron chi connectivity index (χ4n) is 2.65. The molecule has 0 saturated carbocycles. The van der Waals surface area contributed by atoms with Crippen LogP contribution in [0.15, 0.2) is 54.6 Å². The lowest BCUT2D eigenvalue weighted by Gasteiger charge is -2.10. The maximum atomic E-state index is 13.7. The molecule has 7 heteroatoms. The van der Waals surface area contributed by atoms with Gasteiger partial charge in [0.1, 0.15) is 28.9 Å². The molecule has 0 aliphatic heterocycles. The van der Waals surface area contributed by atoms with Crippen LogP contribution < -0.4 is 15.4 Å². The van der Waals surface area contributed by atoms with Crippen LogP contribution in [0.5, 0.6) is 5.75 Å². The SMILES string of the molecule is COc1ccc(CCNc2cc(C(=O)Nc3ccccc3F)nc(C)n2)cc1. The molecule has 0 unspecified atom stereocenters. The average Bonchev–Trinajstić information content (AvgIpc) is 2.70. The van der Waals surface area contributed by atoms with E-state index < -0.39 is 11.7 Å². The lowest BCUT2D eigenvalue weighted by Crippen LogP contribution is -2.17. The Kier molecular flexibility index (Phi) is 6.16. The number of hydrogen-bond acceptors (Lipinski definition) is 5. The maximum Gasteiger partial charge on any atom is 0.274 e. The van der Waals surface area contributed by atoms with E-state index in [1.165, 1.54) is 12.1 Å². The summed E-state index contributed by atoms with van der Waals surface area (Å²) in [5, 5.41) is 5.73. The van der Waals surface area contributed by atoms with Crippen LogP contribution in [0, 0.1) is 12.7 Å². The van der Waals surface area contributed by atoms with Crippen LogP contribution in [-0.4, -0.2) is 29.5 Å². The zero-order valence-corrected chi connectivity index (χ0v) is 15.7. The molecule has 3 rings (SSSR count). The molecule has 28 heavy (non-hydrogen) atoms. The highest BCUT2D eigenvalue weighted by atomic mass is 19.1. The molecule has 0 aliphatic carbocycles. The second kappa shape index (κ2) is 8.94. The van der Waals surface area contributed by atoms with E-state index in [4.69, 9.17) is 4.74 Å². The predicted octanol–water partition coefficient (Wildman–Crippen LogP) is 3.84. The lowest BCUT2D eigenvalue weighted by molar-refractivity contribution is 0.102. The van der Waals surface area contributed by atoms with Gasteiger partial charge in [-0.15, -0.1) is 0 Å². The minimum Gasteiger partial charge on any atom is -0.497 e. The van der Waals surface area contributed by atoms with E-state index in [-0.39, 0.29) is 11.4 Å². The van der Waals surface area contributed by atoms with E-state index in [0.29, 0.717) is 18.2 Å². The number of amides is 1. The number of hydrogen-bond donors (Lipinski definition) is 2. The minimum absolute atomic E-state index is 0.109. The van der Waals surface area contributed by atoms with Crippen molar-refractivity contribution in [3.05, 3.63) is 77.5 Å². The number of aryl methyl sites for hydroxylation is 1. The van der Waals surface area contributed by atoms with Gasteiger partial charge in [0, 0.05) is 12.6 Å². The molecule has 0 spiro atoms. The number of halogens is 1. The lowest BCUT2D eigenvalue weighted by atomic mass is 10.1. The standard InChI is InChI=1S/C21H21FN4O2/c1-14-24-19(21(27)26-18-6-4-3-5-17(18)22)13-20(25-14)23-12-11-15-7-9-16(28-2)10-8-15/h3-10,13H,11-12H2,1-2H3,(H,26,27)(H,23,24,25). The molecule has 2 N–H and O–H groups in total. The van der Waals surface area contributed by atoms with Crippen LogP contribution >= 0.6 is 0 Å². The van der Waals surface area contributed by atoms with Gasteiger partial charge in [-0.3, -0.25) is 4.79 Å². The molecule has 0 atom stereocenters. The Balaban J connectivity index is 1.63. The number of carbonyl (C=O) groups is 1. The first-order valence-corrected chi connectivity index (χ1v) is 8.83. The van der Waals surface area contributed by atoms with Crippen LogP contribution in [0.2, 0.25) is 0 Å². The first-order valence-electron chi connectivity index (χ1n) is 8.83. The molecular formula is C21H21FN4O2. The quantitative estimate of drug-likeness (QED) is 0.651. The smallest absolute Gasteiger partial charge is 0.274 e. The summed E-state index contributed by atoms with van der Waals surface area (Å²) in [6.45, 7) is 2.34. The van der Waals surface area contributed by atoms with Crippen molar-refractivity contribution in [3.8, 4) is 5.75 Å². The number of nitrogens with zero attached hydrogens (tertiary/aromatic N) is 2. The number of aromatic nitrogens is 2. The first kappa shape index (κ1) is 19.3. The number of benzene rings is 2. The molecule has 1 heterocycles. The van der Waals surface area contributed by atoms with E-state index in [1.54, 1.807) is 32.2 Å². The molecule has 1 amide bonds. The molecule has 0 fully saturated rings. The molecule has 0 saturated heterocycles. The Labute approximate surface area is 162 Å². The normalized spacial score (nSPS) is 10.4. The third kappa shape index (κ3) is 5.03. The van der Waals surface area contributed by atoms with Crippen LogP contribution in [0.25, 0.3) is 0 Å². The molecule has 6 nitrogen and oxygen atoms in total. The molecule has 2 aromatic carbocycles. The third-order valence-electron chi connectivity index (χ3n) is 4.07. The highest BCUT2D eigenvalue weighted by molar-refractivity contribution is 6.03. The highest BCUT2D eigenvalue weighted by Crippen LogP contribution is 2.15. The number of anilines is 2. The van der Waals surface area contributed by atoms with Crippen LogP contribution in [0.1, 0.15) is 21.9 Å². The van der Waals surface area contributed by atoms with Crippen molar-refractivity contribution in [1.82, 2.24) is 9.97 Å². The van der Waals surface area contributed by atoms with Crippen LogP contribution in [-0.2, 0) is 6.42 Å². The van der Waals surface area contributed by atoms with Crippen molar-refractivity contribution in [2.75, 3.05) is 24.3 Å². The third-order valence-corrected chi connectivity index (χ3v) is 4.07. The Bertz CT molecular complexity index is 961. The largest absolute Gasteiger partial charge is 0.497 e. The van der Waals surface area contributed by atoms with Crippen molar-refractivity contribution < 1.29 is 13.9 Å². The number of rotatable bonds is 7. The van der Waals surface area contributed by atoms with E-state index >= 15 is 0 Å². The second-order valence-corrected chi connectivity index (χ2v) is 6.14. The molecule has 0 radical (unpaired) electrons. The summed E-state index contributed by atoms with van der Waals surface area (Å²) < 4.78 is 18.9. The molecule has 0 aliphatic rings. The molecule has 144 valence electrons. The van der Waals surface area contributed by atoms with Crippen LogP contribution in [0.3, 0.4) is 0 Å². The van der Waals surface area contributed by atoms with Gasteiger partial charge in [-0.05, 0) is 43.2 Å². The topological polar surface area (TPSA) is 76.1 Å². The fraction of sp³-hybridized carbons (Fsp3) is 0.190. The Morgan fingerprint density at radius 2 is 1.86 bits per heavy atom. The zero-order chi connectivity index (χ0) is 19.9. The molecule has 3 aromatic rings. The number of methoxy groups -OCH3 is 1. The summed E-state index contributed by atoms with van der Waals surface area (Å²) in [6, 6.07) is 15.4. The number of para-hydroxylation sites is 1. The van der Waals surface area contributed by atoms with Crippen LogP contribution in [0.4, 0.5) is 15.9 Å². The molecule has 0 bridgehead atoms. The van der Waals surface area contributed by atoms with Crippen molar-refractivity contribution in [3.63, 3.8) is 0 Å². The maximum absolute atomic E-state index is 13.7. The molecule has 1 aromatic heterocycles. The van der Waals surface area contributed by atoms with E-state index in [2.05, 4.69) is 20.6 Å². The van der Waals surface area contributed by atoms with E-state index in [0.717, 1.165) is 17.7 Å². The van der Waals surface area contributed by atoms with Gasteiger partial charge in [-0.2, -0.15) is 0 Å². The van der Waals surface area contributed by atoms with Gasteiger partial charge < -0.3 is 15.4 Å². The summed E-state index contributed by atoms with van der Waals surface area (Å²) >= 11 is 0. The summed E-state index contributed by atoms with van der Waals surface area (Å²) in [6.07, 6.45) is 0.782. The Hall–Kier alpha value is -3.48.